The normalized spacial score (nSPS) is 16.2. The lowest BCUT2D eigenvalue weighted by Gasteiger charge is -2.28. The molecular formula is C15H16N4O3S. The first-order chi connectivity index (χ1) is 11.0. The first-order valence-corrected chi connectivity index (χ1v) is 8.19. The van der Waals surface area contributed by atoms with Crippen molar-refractivity contribution >= 4 is 23.2 Å². The number of carbonyl (C=O) groups excluding carboxylic acids is 1. The fourth-order valence-corrected chi connectivity index (χ4v) is 3.79. The number of rotatable bonds is 4. The van der Waals surface area contributed by atoms with Crippen molar-refractivity contribution in [2.75, 3.05) is 0 Å². The average Bonchev–Trinajstić information content (AvgIpc) is 3.17. The third-order valence-corrected chi connectivity index (χ3v) is 5.11. The van der Waals surface area contributed by atoms with Gasteiger partial charge in [-0.3, -0.25) is 4.79 Å². The number of aryl methyl sites for hydroxylation is 1. The van der Waals surface area contributed by atoms with Gasteiger partial charge in [0.05, 0.1) is 17.9 Å². The molecule has 1 saturated carbocycles. The largest absolute Gasteiger partial charge is 0.476 e. The average molecular weight is 332 g/mol. The molecule has 2 aromatic rings. The van der Waals surface area contributed by atoms with Crippen LogP contribution in [0.4, 0.5) is 0 Å². The molecule has 2 N–H and O–H groups in total. The van der Waals surface area contributed by atoms with Crippen molar-refractivity contribution in [1.82, 2.24) is 20.3 Å². The Morgan fingerprint density at radius 2 is 1.87 bits per heavy atom. The number of thiazole rings is 1. The van der Waals surface area contributed by atoms with Crippen molar-refractivity contribution in [3.05, 3.63) is 39.9 Å². The fraction of sp³-hybridized carbons (Fsp3) is 0.400. The molecule has 7 nitrogen and oxygen atoms in total. The molecule has 0 aromatic carbocycles. The van der Waals surface area contributed by atoms with Crippen molar-refractivity contribution in [2.24, 2.45) is 0 Å². The molecule has 0 bridgehead atoms. The number of carbonyl (C=O) groups is 2. The number of nitrogens with one attached hydrogen (secondary N) is 1. The molecule has 0 saturated heterocycles. The zero-order valence-corrected chi connectivity index (χ0v) is 13.4. The molecule has 0 radical (unpaired) electrons. The Labute approximate surface area is 136 Å². The Kier molecular flexibility index (Phi) is 4.08. The highest BCUT2D eigenvalue weighted by Crippen LogP contribution is 2.40. The maximum absolute atomic E-state index is 12.5. The van der Waals surface area contributed by atoms with Gasteiger partial charge in [-0.15, -0.1) is 11.3 Å². The minimum atomic E-state index is -1.17. The minimum Gasteiger partial charge on any atom is -0.476 e. The van der Waals surface area contributed by atoms with Gasteiger partial charge in [-0.1, -0.05) is 12.8 Å². The number of hydrogen-bond acceptors (Lipinski definition) is 6. The molecule has 0 spiro atoms. The molecule has 0 unspecified atom stereocenters. The van der Waals surface area contributed by atoms with Gasteiger partial charge >= 0.3 is 5.97 Å². The third-order valence-electron chi connectivity index (χ3n) is 3.94. The number of amides is 1. The van der Waals surface area contributed by atoms with Crippen LogP contribution in [0.15, 0.2) is 17.8 Å². The predicted octanol–water partition coefficient (Wildman–Crippen LogP) is 2.14. The van der Waals surface area contributed by atoms with Gasteiger partial charge in [-0.2, -0.15) is 0 Å². The van der Waals surface area contributed by atoms with Crippen LogP contribution in [-0.4, -0.2) is 31.9 Å². The number of aromatic nitrogens is 3. The lowest BCUT2D eigenvalue weighted by molar-refractivity contribution is 0.0688. The maximum atomic E-state index is 12.5. The van der Waals surface area contributed by atoms with Gasteiger partial charge in [0.15, 0.2) is 5.69 Å². The summed E-state index contributed by atoms with van der Waals surface area (Å²) in [6.07, 6.45) is 6.02. The SMILES string of the molecule is Cc1csc(C2(NC(=O)c3cnc(C(=O)O)cn3)CCCC2)n1. The summed E-state index contributed by atoms with van der Waals surface area (Å²) in [5.41, 5.74) is 0.404. The second-order valence-electron chi connectivity index (χ2n) is 5.63. The van der Waals surface area contributed by atoms with Gasteiger partial charge in [-0.05, 0) is 19.8 Å². The molecule has 1 aliphatic carbocycles. The van der Waals surface area contributed by atoms with E-state index in [0.29, 0.717) is 0 Å². The van der Waals surface area contributed by atoms with Gasteiger partial charge < -0.3 is 10.4 Å². The first-order valence-electron chi connectivity index (χ1n) is 7.31. The van der Waals surface area contributed by atoms with Gasteiger partial charge in [0.25, 0.3) is 5.91 Å². The van der Waals surface area contributed by atoms with E-state index < -0.39 is 11.5 Å². The zero-order chi connectivity index (χ0) is 16.4. The number of nitrogens with zero attached hydrogens (tertiary/aromatic N) is 3. The Balaban J connectivity index is 1.83. The van der Waals surface area contributed by atoms with Crippen LogP contribution in [0.2, 0.25) is 0 Å². The first kappa shape index (κ1) is 15.5. The molecule has 120 valence electrons. The summed E-state index contributed by atoms with van der Waals surface area (Å²) in [6.45, 7) is 1.93. The zero-order valence-electron chi connectivity index (χ0n) is 12.6. The summed E-state index contributed by atoms with van der Waals surface area (Å²) in [7, 11) is 0. The lowest BCUT2D eigenvalue weighted by Crippen LogP contribution is -2.44. The standard InChI is InChI=1S/C15H16N4O3S/c1-9-8-23-14(18-9)15(4-2-3-5-15)19-12(20)10-6-17-11(7-16-10)13(21)22/h6-8H,2-5H2,1H3,(H,19,20)(H,21,22). The smallest absolute Gasteiger partial charge is 0.356 e. The highest BCUT2D eigenvalue weighted by atomic mass is 32.1. The van der Waals surface area contributed by atoms with E-state index in [9.17, 15) is 9.59 Å². The second kappa shape index (κ2) is 6.04. The van der Waals surface area contributed by atoms with Crippen LogP contribution < -0.4 is 5.32 Å². The molecule has 3 rings (SSSR count). The summed E-state index contributed by atoms with van der Waals surface area (Å²) in [5.74, 6) is -1.53. The summed E-state index contributed by atoms with van der Waals surface area (Å²) in [4.78, 5) is 35.4. The quantitative estimate of drug-likeness (QED) is 0.888. The topological polar surface area (TPSA) is 105 Å². The van der Waals surface area contributed by atoms with E-state index in [1.165, 1.54) is 6.20 Å². The monoisotopic (exact) mass is 332 g/mol. The van der Waals surface area contributed by atoms with E-state index in [2.05, 4.69) is 20.3 Å². The molecule has 2 heterocycles. The summed E-state index contributed by atoms with van der Waals surface area (Å²) in [6, 6.07) is 0. The predicted molar refractivity (Wildman–Crippen MR) is 83.5 cm³/mol. The van der Waals surface area contributed by atoms with Gasteiger partial charge in [-0.25, -0.2) is 19.7 Å². The van der Waals surface area contributed by atoms with Crippen molar-refractivity contribution in [3.63, 3.8) is 0 Å². The van der Waals surface area contributed by atoms with E-state index in [4.69, 9.17) is 5.11 Å². The maximum Gasteiger partial charge on any atom is 0.356 e. The third kappa shape index (κ3) is 3.07. The van der Waals surface area contributed by atoms with Crippen LogP contribution in [-0.2, 0) is 5.54 Å². The van der Waals surface area contributed by atoms with Crippen molar-refractivity contribution in [3.8, 4) is 0 Å². The Morgan fingerprint density at radius 1 is 1.22 bits per heavy atom. The van der Waals surface area contributed by atoms with Crippen LogP contribution in [0, 0.1) is 6.92 Å². The van der Waals surface area contributed by atoms with Crippen molar-refractivity contribution < 1.29 is 14.7 Å². The Bertz CT molecular complexity index is 735. The van der Waals surface area contributed by atoms with E-state index in [-0.39, 0.29) is 17.3 Å². The molecule has 1 aliphatic rings. The molecule has 8 heteroatoms. The molecule has 1 amide bonds. The Hall–Kier alpha value is -2.35. The van der Waals surface area contributed by atoms with Crippen LogP contribution in [0.25, 0.3) is 0 Å². The van der Waals surface area contributed by atoms with E-state index in [0.717, 1.165) is 42.6 Å². The highest BCUT2D eigenvalue weighted by Gasteiger charge is 2.40. The summed E-state index contributed by atoms with van der Waals surface area (Å²) in [5, 5.41) is 14.8. The summed E-state index contributed by atoms with van der Waals surface area (Å²) < 4.78 is 0. The minimum absolute atomic E-state index is 0.106. The van der Waals surface area contributed by atoms with Crippen molar-refractivity contribution in [2.45, 2.75) is 38.1 Å². The molecular weight excluding hydrogens is 316 g/mol. The molecule has 2 aromatic heterocycles. The number of hydrogen-bond donors (Lipinski definition) is 2. The molecule has 23 heavy (non-hydrogen) atoms. The van der Waals surface area contributed by atoms with Crippen molar-refractivity contribution in [1.29, 1.82) is 0 Å². The number of carboxylic acids is 1. The number of aromatic carboxylic acids is 1. The fourth-order valence-electron chi connectivity index (χ4n) is 2.78. The van der Waals surface area contributed by atoms with E-state index in [1.807, 2.05) is 12.3 Å². The van der Waals surface area contributed by atoms with E-state index in [1.54, 1.807) is 11.3 Å². The van der Waals surface area contributed by atoms with E-state index >= 15 is 0 Å². The van der Waals surface area contributed by atoms with Gasteiger partial charge in [0.1, 0.15) is 10.7 Å². The van der Waals surface area contributed by atoms with Crippen LogP contribution in [0.1, 0.15) is 57.4 Å². The lowest BCUT2D eigenvalue weighted by atomic mass is 9.98. The second-order valence-corrected chi connectivity index (χ2v) is 6.49. The van der Waals surface area contributed by atoms with Crippen LogP contribution >= 0.6 is 11.3 Å². The van der Waals surface area contributed by atoms with Crippen LogP contribution in [0.3, 0.4) is 0 Å². The summed E-state index contributed by atoms with van der Waals surface area (Å²) >= 11 is 1.55. The molecule has 0 atom stereocenters. The number of carboxylic acid groups (broad SMARTS) is 1. The highest BCUT2D eigenvalue weighted by molar-refractivity contribution is 7.09. The van der Waals surface area contributed by atoms with Gasteiger partial charge in [0.2, 0.25) is 0 Å². The van der Waals surface area contributed by atoms with Crippen LogP contribution in [0.5, 0.6) is 0 Å². The molecule has 0 aliphatic heterocycles. The Morgan fingerprint density at radius 3 is 2.39 bits per heavy atom. The van der Waals surface area contributed by atoms with Gasteiger partial charge in [0, 0.05) is 11.1 Å². The molecule has 1 fully saturated rings.